The van der Waals surface area contributed by atoms with Gasteiger partial charge in [-0.2, -0.15) is 0 Å². The quantitative estimate of drug-likeness (QED) is 0.176. The Hall–Kier alpha value is -6.85. The molecule has 3 heterocycles. The predicted octanol–water partition coefficient (Wildman–Crippen LogP) is 11.5. The zero-order valence-corrected chi connectivity index (χ0v) is 26.9. The molecule has 0 bridgehead atoms. The SMILES string of the molecule is c1ccc(-c2nnc(-c3ccc(-c4ccc(-c5nc6ccccc6c6c5ccc5c6c6ccccc6n5-c5ccccc5)cc4)cc3)o2)cc1. The Balaban J connectivity index is 1.07. The van der Waals surface area contributed by atoms with Crippen molar-refractivity contribution in [2.75, 3.05) is 0 Å². The number of hydrogen-bond donors (Lipinski definition) is 0. The van der Waals surface area contributed by atoms with E-state index in [1.807, 2.05) is 42.5 Å². The molecule has 0 aliphatic heterocycles. The third-order valence-electron chi connectivity index (χ3n) is 9.58. The van der Waals surface area contributed by atoms with Crippen LogP contribution in [0.4, 0.5) is 0 Å². The molecule has 0 N–H and O–H groups in total. The summed E-state index contributed by atoms with van der Waals surface area (Å²) in [6.07, 6.45) is 0. The number of nitrogens with zero attached hydrogens (tertiary/aromatic N) is 4. The van der Waals surface area contributed by atoms with Crippen molar-refractivity contribution in [3.05, 3.63) is 170 Å². The number of fused-ring (bicyclic) bond motifs is 7. The second-order valence-electron chi connectivity index (χ2n) is 12.5. The molecule has 0 radical (unpaired) electrons. The highest BCUT2D eigenvalue weighted by Gasteiger charge is 2.19. The first-order valence-corrected chi connectivity index (χ1v) is 16.7. The fourth-order valence-electron chi connectivity index (χ4n) is 7.24. The van der Waals surface area contributed by atoms with E-state index in [0.29, 0.717) is 11.8 Å². The van der Waals surface area contributed by atoms with Crippen LogP contribution in [0.5, 0.6) is 0 Å². The number of hydrogen-bond acceptors (Lipinski definition) is 4. The first-order valence-electron chi connectivity index (χ1n) is 16.7. The normalized spacial score (nSPS) is 11.6. The molecule has 0 atom stereocenters. The fraction of sp³-hybridized carbons (Fsp3) is 0. The van der Waals surface area contributed by atoms with Gasteiger partial charge in [-0.05, 0) is 65.7 Å². The van der Waals surface area contributed by atoms with Gasteiger partial charge >= 0.3 is 0 Å². The average molecular weight is 641 g/mol. The van der Waals surface area contributed by atoms with Crippen molar-refractivity contribution in [3.8, 4) is 51.0 Å². The van der Waals surface area contributed by atoms with Crippen LogP contribution in [0.25, 0.3) is 94.5 Å². The highest BCUT2D eigenvalue weighted by Crippen LogP contribution is 2.42. The van der Waals surface area contributed by atoms with E-state index < -0.39 is 0 Å². The van der Waals surface area contributed by atoms with Gasteiger partial charge in [-0.15, -0.1) is 10.2 Å². The Labute approximate surface area is 287 Å². The molecule has 0 aliphatic carbocycles. The molecule has 5 nitrogen and oxygen atoms in total. The molecule has 0 aliphatic rings. The van der Waals surface area contributed by atoms with Crippen molar-refractivity contribution in [1.29, 1.82) is 0 Å². The molecule has 0 saturated carbocycles. The third-order valence-corrected chi connectivity index (χ3v) is 9.58. The van der Waals surface area contributed by atoms with Gasteiger partial charge in [0.1, 0.15) is 0 Å². The smallest absolute Gasteiger partial charge is 0.248 e. The van der Waals surface area contributed by atoms with Gasteiger partial charge in [-0.3, -0.25) is 0 Å². The van der Waals surface area contributed by atoms with Crippen LogP contribution in [0.3, 0.4) is 0 Å². The number of para-hydroxylation sites is 3. The van der Waals surface area contributed by atoms with Crippen LogP contribution < -0.4 is 0 Å². The van der Waals surface area contributed by atoms with E-state index in [0.717, 1.165) is 55.5 Å². The van der Waals surface area contributed by atoms with Crippen molar-refractivity contribution >= 4 is 43.5 Å². The van der Waals surface area contributed by atoms with E-state index in [1.165, 1.54) is 27.2 Å². The first kappa shape index (κ1) is 28.2. The summed E-state index contributed by atoms with van der Waals surface area (Å²) in [4.78, 5) is 5.27. The van der Waals surface area contributed by atoms with Gasteiger partial charge in [0.05, 0.1) is 22.2 Å². The molecule has 234 valence electrons. The van der Waals surface area contributed by atoms with Gasteiger partial charge in [0.15, 0.2) is 0 Å². The lowest BCUT2D eigenvalue weighted by molar-refractivity contribution is 0.584. The summed E-state index contributed by atoms with van der Waals surface area (Å²) >= 11 is 0. The van der Waals surface area contributed by atoms with E-state index >= 15 is 0 Å². The molecule has 0 saturated heterocycles. The fourth-order valence-corrected chi connectivity index (χ4v) is 7.24. The van der Waals surface area contributed by atoms with Crippen LogP contribution in [-0.2, 0) is 0 Å². The van der Waals surface area contributed by atoms with Crippen LogP contribution in [0.15, 0.2) is 174 Å². The lowest BCUT2D eigenvalue weighted by Gasteiger charge is -2.13. The molecule has 5 heteroatoms. The summed E-state index contributed by atoms with van der Waals surface area (Å²) in [5.41, 5.74) is 10.6. The Morgan fingerprint density at radius 3 is 1.66 bits per heavy atom. The van der Waals surface area contributed by atoms with E-state index in [9.17, 15) is 0 Å². The van der Waals surface area contributed by atoms with Crippen molar-refractivity contribution in [2.24, 2.45) is 0 Å². The summed E-state index contributed by atoms with van der Waals surface area (Å²) in [5, 5.41) is 14.5. The molecular formula is C45H28N4O. The average Bonchev–Trinajstić information content (AvgIpc) is 3.82. The highest BCUT2D eigenvalue weighted by atomic mass is 16.4. The molecule has 0 unspecified atom stereocenters. The van der Waals surface area contributed by atoms with Gasteiger partial charge in [0.25, 0.3) is 0 Å². The minimum Gasteiger partial charge on any atom is -0.416 e. The highest BCUT2D eigenvalue weighted by molar-refractivity contribution is 6.29. The molecule has 10 aromatic rings. The van der Waals surface area contributed by atoms with Crippen molar-refractivity contribution in [3.63, 3.8) is 0 Å². The van der Waals surface area contributed by atoms with Crippen molar-refractivity contribution < 1.29 is 4.42 Å². The van der Waals surface area contributed by atoms with Crippen LogP contribution in [0, 0.1) is 0 Å². The largest absolute Gasteiger partial charge is 0.416 e. The Kier molecular flexibility index (Phi) is 6.42. The molecule has 50 heavy (non-hydrogen) atoms. The summed E-state index contributed by atoms with van der Waals surface area (Å²) in [7, 11) is 0. The number of pyridine rings is 1. The maximum atomic E-state index is 5.98. The predicted molar refractivity (Wildman–Crippen MR) is 203 cm³/mol. The van der Waals surface area contributed by atoms with E-state index in [1.54, 1.807) is 0 Å². The van der Waals surface area contributed by atoms with Crippen molar-refractivity contribution in [1.82, 2.24) is 19.7 Å². The van der Waals surface area contributed by atoms with Crippen LogP contribution in [0.2, 0.25) is 0 Å². The van der Waals surface area contributed by atoms with Gasteiger partial charge < -0.3 is 8.98 Å². The first-order chi connectivity index (χ1) is 24.8. The number of aromatic nitrogens is 4. The van der Waals surface area contributed by atoms with Gasteiger partial charge in [0, 0.05) is 49.3 Å². The summed E-state index contributed by atoms with van der Waals surface area (Å²) in [5.74, 6) is 1.01. The topological polar surface area (TPSA) is 56.7 Å². The van der Waals surface area contributed by atoms with Gasteiger partial charge in [-0.25, -0.2) is 4.98 Å². The van der Waals surface area contributed by atoms with E-state index in [-0.39, 0.29) is 0 Å². The minimum absolute atomic E-state index is 0.501. The summed E-state index contributed by atoms with van der Waals surface area (Å²) < 4.78 is 8.35. The molecule has 0 amide bonds. The maximum Gasteiger partial charge on any atom is 0.248 e. The molecule has 0 spiro atoms. The standard InChI is InChI=1S/C45H28N4O/c1-3-11-32(12-4-1)44-47-48-45(50-44)33-25-21-30(22-26-33)29-19-23-31(24-20-29)43-37-27-28-40-42(41(37)35-15-7-9-17-38(35)46-43)36-16-8-10-18-39(36)49(40)34-13-5-2-6-14-34/h1-28H. The van der Waals surface area contributed by atoms with Crippen LogP contribution >= 0.6 is 0 Å². The Morgan fingerprint density at radius 1 is 0.380 bits per heavy atom. The zero-order chi connectivity index (χ0) is 33.0. The lowest BCUT2D eigenvalue weighted by Crippen LogP contribution is -1.94. The molecule has 0 fully saturated rings. The van der Waals surface area contributed by atoms with Crippen molar-refractivity contribution in [2.45, 2.75) is 0 Å². The second kappa shape index (κ2) is 11.4. The van der Waals surface area contributed by atoms with Crippen LogP contribution in [-0.4, -0.2) is 19.7 Å². The Morgan fingerprint density at radius 2 is 0.940 bits per heavy atom. The zero-order valence-electron chi connectivity index (χ0n) is 26.9. The number of rotatable bonds is 5. The van der Waals surface area contributed by atoms with Gasteiger partial charge in [-0.1, -0.05) is 115 Å². The summed E-state index contributed by atoms with van der Waals surface area (Å²) in [6, 6.07) is 59.1. The molecular weight excluding hydrogens is 613 g/mol. The monoisotopic (exact) mass is 640 g/mol. The second-order valence-corrected chi connectivity index (χ2v) is 12.5. The van der Waals surface area contributed by atoms with Gasteiger partial charge in [0.2, 0.25) is 11.8 Å². The summed E-state index contributed by atoms with van der Waals surface area (Å²) in [6.45, 7) is 0. The van der Waals surface area contributed by atoms with E-state index in [2.05, 4.69) is 142 Å². The Bertz CT molecular complexity index is 2840. The lowest BCUT2D eigenvalue weighted by atomic mass is 9.95. The minimum atomic E-state index is 0.501. The molecule has 10 rings (SSSR count). The maximum absolute atomic E-state index is 5.98. The van der Waals surface area contributed by atoms with Crippen LogP contribution in [0.1, 0.15) is 0 Å². The molecule has 7 aromatic carbocycles. The van der Waals surface area contributed by atoms with E-state index in [4.69, 9.17) is 9.40 Å². The third kappa shape index (κ3) is 4.52. The number of benzene rings is 7. The molecule has 3 aromatic heterocycles.